The number of hydrazone groups is 1. The molecule has 31 heavy (non-hydrogen) atoms. The number of nitrogens with zero attached hydrogens (tertiary/aromatic N) is 4. The molecule has 0 aliphatic carbocycles. The molecule has 0 atom stereocenters. The first kappa shape index (κ1) is 22.1. The van der Waals surface area contributed by atoms with Crippen molar-refractivity contribution in [2.24, 2.45) is 5.10 Å². The van der Waals surface area contributed by atoms with Crippen molar-refractivity contribution >= 4 is 17.8 Å². The molecule has 3 rings (SSSR count). The van der Waals surface area contributed by atoms with Gasteiger partial charge < -0.3 is 4.90 Å². The van der Waals surface area contributed by atoms with E-state index in [1.165, 1.54) is 11.8 Å². The molecule has 1 N–H and O–H groups in total. The lowest BCUT2D eigenvalue weighted by Crippen LogP contribution is -2.24. The molecule has 1 heterocycles. The molecule has 1 aromatic heterocycles. The first-order valence-corrected chi connectivity index (χ1v) is 9.66. The first-order valence-electron chi connectivity index (χ1n) is 9.66. The number of alkyl halides is 3. The van der Waals surface area contributed by atoms with Crippen LogP contribution in [0.5, 0.6) is 0 Å². The van der Waals surface area contributed by atoms with E-state index in [1.54, 1.807) is 0 Å². The zero-order valence-electron chi connectivity index (χ0n) is 16.9. The Bertz CT molecular complexity index is 1010. The van der Waals surface area contributed by atoms with Gasteiger partial charge in [0.25, 0.3) is 5.91 Å². The lowest BCUT2D eigenvalue weighted by molar-refractivity contribution is -0.141. The number of benzene rings is 2. The van der Waals surface area contributed by atoms with Gasteiger partial charge in [0.2, 0.25) is 0 Å². The minimum atomic E-state index is -4.54. The molecule has 2 aromatic carbocycles. The van der Waals surface area contributed by atoms with Crippen molar-refractivity contribution in [1.82, 2.24) is 15.2 Å². The Balaban J connectivity index is 1.53. The molecule has 0 saturated heterocycles. The molecule has 3 aromatic rings. The maximum Gasteiger partial charge on any atom is 0.435 e. The van der Waals surface area contributed by atoms with Crippen molar-refractivity contribution in [2.45, 2.75) is 26.2 Å². The molecule has 6 nitrogen and oxygen atoms in total. The minimum Gasteiger partial charge on any atom is -0.367 e. The average molecular weight is 429 g/mol. The maximum atomic E-state index is 12.5. The van der Waals surface area contributed by atoms with Gasteiger partial charge in [-0.05, 0) is 36.2 Å². The Morgan fingerprint density at radius 3 is 2.45 bits per heavy atom. The fourth-order valence-corrected chi connectivity index (χ4v) is 2.92. The van der Waals surface area contributed by atoms with Gasteiger partial charge in [-0.25, -0.2) is 5.43 Å². The van der Waals surface area contributed by atoms with Crippen molar-refractivity contribution in [1.29, 1.82) is 0 Å². The van der Waals surface area contributed by atoms with Crippen LogP contribution in [-0.2, 0) is 24.1 Å². The number of amides is 1. The summed E-state index contributed by atoms with van der Waals surface area (Å²) in [6, 6.07) is 18.7. The summed E-state index contributed by atoms with van der Waals surface area (Å²) in [6.07, 6.45) is -1.97. The summed E-state index contributed by atoms with van der Waals surface area (Å²) in [5.74, 6) is -0.579. The first-order chi connectivity index (χ1) is 14.8. The second-order valence-electron chi connectivity index (χ2n) is 6.78. The van der Waals surface area contributed by atoms with Gasteiger partial charge in [-0.2, -0.15) is 23.4 Å². The Morgan fingerprint density at radius 1 is 1.13 bits per heavy atom. The highest BCUT2D eigenvalue weighted by molar-refractivity contribution is 5.82. The summed E-state index contributed by atoms with van der Waals surface area (Å²) >= 11 is 0. The third-order valence-electron chi connectivity index (χ3n) is 4.50. The van der Waals surface area contributed by atoms with Crippen molar-refractivity contribution in [3.05, 3.63) is 83.7 Å². The van der Waals surface area contributed by atoms with Crippen molar-refractivity contribution < 1.29 is 18.0 Å². The standard InChI is InChI=1S/C22H22F3N5O/c1-2-29(15-18-6-4-3-5-7-18)19-10-8-17(9-11-19)14-26-27-21(31)16-30-13-12-20(28-30)22(23,24)25/h3-14H,2,15-16H2,1H3,(H,27,31)/b26-14-. The fourth-order valence-electron chi connectivity index (χ4n) is 2.92. The van der Waals surface area contributed by atoms with Crippen LogP contribution < -0.4 is 10.3 Å². The van der Waals surface area contributed by atoms with E-state index in [0.717, 1.165) is 41.3 Å². The normalized spacial score (nSPS) is 11.6. The molecule has 0 spiro atoms. The fraction of sp³-hybridized carbons (Fsp3) is 0.227. The van der Waals surface area contributed by atoms with Crippen LogP contribution in [-0.4, -0.2) is 28.4 Å². The molecular formula is C22H22F3N5O. The molecule has 0 radical (unpaired) electrons. The molecule has 162 valence electrons. The van der Waals surface area contributed by atoms with E-state index in [-0.39, 0.29) is 6.54 Å². The summed E-state index contributed by atoms with van der Waals surface area (Å²) < 4.78 is 38.5. The number of anilines is 1. The van der Waals surface area contributed by atoms with Crippen LogP contribution in [0.2, 0.25) is 0 Å². The lowest BCUT2D eigenvalue weighted by atomic mass is 10.1. The SMILES string of the molecule is CCN(Cc1ccccc1)c1ccc(/C=N\NC(=O)Cn2ccc(C(F)(F)F)n2)cc1. The molecule has 0 saturated carbocycles. The van der Waals surface area contributed by atoms with Gasteiger partial charge in [0, 0.05) is 25.0 Å². The number of carbonyl (C=O) groups is 1. The van der Waals surface area contributed by atoms with Crippen LogP contribution in [0.25, 0.3) is 0 Å². The molecule has 0 bridgehead atoms. The predicted molar refractivity (Wildman–Crippen MR) is 113 cm³/mol. The van der Waals surface area contributed by atoms with Gasteiger partial charge in [0.05, 0.1) is 6.21 Å². The van der Waals surface area contributed by atoms with Crippen LogP contribution in [0, 0.1) is 0 Å². The van der Waals surface area contributed by atoms with Crippen molar-refractivity contribution in [2.75, 3.05) is 11.4 Å². The monoisotopic (exact) mass is 429 g/mol. The second kappa shape index (κ2) is 9.92. The number of carbonyl (C=O) groups excluding carboxylic acids is 1. The summed E-state index contributed by atoms with van der Waals surface area (Å²) in [7, 11) is 0. The van der Waals surface area contributed by atoms with Crippen LogP contribution >= 0.6 is 0 Å². The highest BCUT2D eigenvalue weighted by Gasteiger charge is 2.33. The van der Waals surface area contributed by atoms with Gasteiger partial charge in [-0.15, -0.1) is 0 Å². The number of hydrogen-bond acceptors (Lipinski definition) is 4. The average Bonchev–Trinajstić information content (AvgIpc) is 3.22. The van der Waals surface area contributed by atoms with Crippen LogP contribution in [0.1, 0.15) is 23.7 Å². The van der Waals surface area contributed by atoms with Gasteiger partial charge in [-0.3, -0.25) is 9.48 Å². The van der Waals surface area contributed by atoms with Crippen LogP contribution in [0.3, 0.4) is 0 Å². The smallest absolute Gasteiger partial charge is 0.367 e. The number of hydrogen-bond donors (Lipinski definition) is 1. The Kier molecular flexibility index (Phi) is 7.07. The Morgan fingerprint density at radius 2 is 1.84 bits per heavy atom. The van der Waals surface area contributed by atoms with E-state index >= 15 is 0 Å². The predicted octanol–water partition coefficient (Wildman–Crippen LogP) is 4.08. The van der Waals surface area contributed by atoms with E-state index in [4.69, 9.17) is 0 Å². The van der Waals surface area contributed by atoms with E-state index in [1.807, 2.05) is 42.5 Å². The maximum absolute atomic E-state index is 12.5. The topological polar surface area (TPSA) is 62.5 Å². The van der Waals surface area contributed by atoms with Crippen molar-refractivity contribution in [3.8, 4) is 0 Å². The molecular weight excluding hydrogens is 407 g/mol. The van der Waals surface area contributed by atoms with Gasteiger partial charge in [0.15, 0.2) is 5.69 Å². The summed E-state index contributed by atoms with van der Waals surface area (Å²) in [5, 5.41) is 7.18. The summed E-state index contributed by atoms with van der Waals surface area (Å²) in [4.78, 5) is 14.1. The Labute approximate surface area is 178 Å². The van der Waals surface area contributed by atoms with Crippen molar-refractivity contribution in [3.63, 3.8) is 0 Å². The van der Waals surface area contributed by atoms with E-state index in [0.29, 0.717) is 0 Å². The molecule has 0 unspecified atom stereocenters. The second-order valence-corrected chi connectivity index (χ2v) is 6.78. The highest BCUT2D eigenvalue weighted by Crippen LogP contribution is 2.27. The number of aromatic nitrogens is 2. The molecule has 0 fully saturated rings. The van der Waals surface area contributed by atoms with Gasteiger partial charge >= 0.3 is 6.18 Å². The number of halogens is 3. The number of nitrogens with one attached hydrogen (secondary N) is 1. The molecule has 0 aliphatic heterocycles. The summed E-state index contributed by atoms with van der Waals surface area (Å²) in [5.41, 5.74) is 4.30. The molecule has 1 amide bonds. The minimum absolute atomic E-state index is 0.364. The molecule has 9 heteroatoms. The molecule has 0 aliphatic rings. The largest absolute Gasteiger partial charge is 0.435 e. The van der Waals surface area contributed by atoms with Crippen LogP contribution in [0.4, 0.5) is 18.9 Å². The summed E-state index contributed by atoms with van der Waals surface area (Å²) in [6.45, 7) is 3.37. The van der Waals surface area contributed by atoms with Crippen LogP contribution in [0.15, 0.2) is 72.0 Å². The zero-order chi connectivity index (χ0) is 22.3. The van der Waals surface area contributed by atoms with E-state index in [9.17, 15) is 18.0 Å². The van der Waals surface area contributed by atoms with Gasteiger partial charge in [-0.1, -0.05) is 42.5 Å². The van der Waals surface area contributed by atoms with Gasteiger partial charge in [0.1, 0.15) is 6.54 Å². The third kappa shape index (κ3) is 6.43. The lowest BCUT2D eigenvalue weighted by Gasteiger charge is -2.23. The number of rotatable bonds is 8. The quantitative estimate of drug-likeness (QED) is 0.434. The van der Waals surface area contributed by atoms with E-state index in [2.05, 4.69) is 39.6 Å². The third-order valence-corrected chi connectivity index (χ3v) is 4.50. The Hall–Kier alpha value is -3.62. The van der Waals surface area contributed by atoms with E-state index < -0.39 is 17.8 Å². The zero-order valence-corrected chi connectivity index (χ0v) is 16.9. The highest BCUT2D eigenvalue weighted by atomic mass is 19.4.